The molecule has 0 atom stereocenters. The number of phenolic OH excluding ortho intramolecular Hbond substituents is 1. The molecule has 20 heavy (non-hydrogen) atoms. The molecule has 0 unspecified atom stereocenters. The van der Waals surface area contributed by atoms with Crippen molar-refractivity contribution < 1.29 is 9.90 Å². The van der Waals surface area contributed by atoms with E-state index >= 15 is 0 Å². The van der Waals surface area contributed by atoms with Crippen molar-refractivity contribution in [2.24, 2.45) is 0 Å². The minimum absolute atomic E-state index is 0.0278. The third-order valence-corrected chi connectivity index (χ3v) is 4.13. The molecule has 2 rings (SSSR count). The van der Waals surface area contributed by atoms with Gasteiger partial charge in [-0.3, -0.25) is 4.79 Å². The molecule has 110 valence electrons. The van der Waals surface area contributed by atoms with Crippen molar-refractivity contribution in [1.82, 2.24) is 9.80 Å². The van der Waals surface area contributed by atoms with Crippen LogP contribution >= 0.6 is 27.5 Å². The molecule has 0 spiro atoms. The summed E-state index contributed by atoms with van der Waals surface area (Å²) in [5.74, 6) is 0.525. The molecule has 1 saturated heterocycles. The highest BCUT2D eigenvalue weighted by Crippen LogP contribution is 2.23. The molecule has 0 aliphatic carbocycles. The van der Waals surface area contributed by atoms with E-state index in [2.05, 4.69) is 20.8 Å². The van der Waals surface area contributed by atoms with Crippen LogP contribution < -0.4 is 0 Å². The summed E-state index contributed by atoms with van der Waals surface area (Å²) in [4.78, 5) is 16.6. The number of alkyl halides is 1. The van der Waals surface area contributed by atoms with Crippen molar-refractivity contribution in [1.29, 1.82) is 0 Å². The lowest BCUT2D eigenvalue weighted by molar-refractivity contribution is 0.0758. The summed E-state index contributed by atoms with van der Waals surface area (Å²) in [7, 11) is 0. The van der Waals surface area contributed by atoms with Gasteiger partial charge in [-0.25, -0.2) is 0 Å². The van der Waals surface area contributed by atoms with Gasteiger partial charge in [0.1, 0.15) is 5.75 Å². The maximum Gasteiger partial charge on any atom is 0.257 e. The Morgan fingerprint density at radius 3 is 2.85 bits per heavy atom. The Kier molecular flexibility index (Phi) is 5.69. The Hall–Kier alpha value is -0.780. The summed E-state index contributed by atoms with van der Waals surface area (Å²) in [6, 6.07) is 4.92. The van der Waals surface area contributed by atoms with Gasteiger partial charge in [0.25, 0.3) is 5.91 Å². The lowest BCUT2D eigenvalue weighted by Crippen LogP contribution is -2.35. The van der Waals surface area contributed by atoms with Crippen LogP contribution in [0.2, 0.25) is 0 Å². The van der Waals surface area contributed by atoms with Gasteiger partial charge in [0.15, 0.2) is 0 Å². The number of amides is 1. The molecule has 1 heterocycles. The molecule has 1 aromatic rings. The van der Waals surface area contributed by atoms with Crippen molar-refractivity contribution >= 4 is 33.4 Å². The second-order valence-corrected chi connectivity index (χ2v) is 6.13. The number of carbonyl (C=O) groups excluding carboxylic acids is 1. The Balaban J connectivity index is 2.07. The Morgan fingerprint density at radius 1 is 1.30 bits per heavy atom. The quantitative estimate of drug-likeness (QED) is 0.842. The summed E-state index contributed by atoms with van der Waals surface area (Å²) >= 11 is 9.09. The van der Waals surface area contributed by atoms with Crippen molar-refractivity contribution in [3.05, 3.63) is 28.2 Å². The number of aromatic hydroxyl groups is 1. The first-order chi connectivity index (χ1) is 9.61. The summed E-state index contributed by atoms with van der Waals surface area (Å²) < 4.78 is 0.789. The van der Waals surface area contributed by atoms with E-state index in [-0.39, 0.29) is 11.7 Å². The third kappa shape index (κ3) is 3.87. The monoisotopic (exact) mass is 360 g/mol. The van der Waals surface area contributed by atoms with Gasteiger partial charge in [-0.2, -0.15) is 0 Å². The fourth-order valence-corrected chi connectivity index (χ4v) is 2.97. The van der Waals surface area contributed by atoms with Crippen molar-refractivity contribution in [2.75, 3.05) is 38.6 Å². The number of halogens is 2. The van der Waals surface area contributed by atoms with Crippen LogP contribution in [0.5, 0.6) is 5.75 Å². The highest BCUT2D eigenvalue weighted by molar-refractivity contribution is 9.10. The SMILES string of the molecule is O=C(c1cc(Br)ccc1O)N1CCCN(CCCl)CC1. The molecule has 0 aromatic heterocycles. The van der Waals surface area contributed by atoms with E-state index in [1.807, 2.05) is 0 Å². The first kappa shape index (κ1) is 15.6. The van der Waals surface area contributed by atoms with E-state index in [0.29, 0.717) is 24.5 Å². The second-order valence-electron chi connectivity index (χ2n) is 4.84. The normalized spacial score (nSPS) is 17.0. The van der Waals surface area contributed by atoms with Crippen LogP contribution in [0.4, 0.5) is 0 Å². The van der Waals surface area contributed by atoms with Crippen LogP contribution in [0.25, 0.3) is 0 Å². The molecule has 6 heteroatoms. The molecule has 1 aliphatic rings. The molecule has 4 nitrogen and oxygen atoms in total. The molecular formula is C14H18BrClN2O2. The molecule has 1 aliphatic heterocycles. The average molecular weight is 362 g/mol. The molecule has 0 saturated carbocycles. The third-order valence-electron chi connectivity index (χ3n) is 3.47. The predicted molar refractivity (Wildman–Crippen MR) is 83.5 cm³/mol. The molecule has 0 bridgehead atoms. The van der Waals surface area contributed by atoms with E-state index in [0.717, 1.165) is 30.5 Å². The van der Waals surface area contributed by atoms with Crippen LogP contribution in [-0.4, -0.2) is 59.4 Å². The van der Waals surface area contributed by atoms with Crippen molar-refractivity contribution in [2.45, 2.75) is 6.42 Å². The largest absolute Gasteiger partial charge is 0.507 e. The zero-order chi connectivity index (χ0) is 14.5. The lowest BCUT2D eigenvalue weighted by atomic mass is 10.1. The highest BCUT2D eigenvalue weighted by Gasteiger charge is 2.22. The maximum atomic E-state index is 12.5. The van der Waals surface area contributed by atoms with E-state index in [9.17, 15) is 9.90 Å². The van der Waals surface area contributed by atoms with Crippen molar-refractivity contribution in [3.8, 4) is 5.75 Å². The number of hydrogen-bond acceptors (Lipinski definition) is 3. The van der Waals surface area contributed by atoms with Gasteiger partial charge in [-0.15, -0.1) is 11.6 Å². The predicted octanol–water partition coefficient (Wildman–Crippen LogP) is 2.54. The van der Waals surface area contributed by atoms with E-state index < -0.39 is 0 Å². The molecule has 1 N–H and O–H groups in total. The standard InChI is InChI=1S/C14H18BrClN2O2/c15-11-2-3-13(19)12(10-11)14(20)18-6-1-5-17(7-4-16)8-9-18/h2-3,10,19H,1,4-9H2. The Morgan fingerprint density at radius 2 is 2.10 bits per heavy atom. The van der Waals surface area contributed by atoms with Gasteiger partial charge in [0.2, 0.25) is 0 Å². The van der Waals surface area contributed by atoms with Gasteiger partial charge < -0.3 is 14.9 Å². The zero-order valence-electron chi connectivity index (χ0n) is 11.2. The van der Waals surface area contributed by atoms with Crippen LogP contribution in [0.1, 0.15) is 16.8 Å². The number of hydrogen-bond donors (Lipinski definition) is 1. The summed E-state index contributed by atoms with van der Waals surface area (Å²) in [6.45, 7) is 4.02. The van der Waals surface area contributed by atoms with Crippen LogP contribution in [-0.2, 0) is 0 Å². The number of benzene rings is 1. The fraction of sp³-hybridized carbons (Fsp3) is 0.500. The Labute approximate surface area is 132 Å². The summed E-state index contributed by atoms with van der Waals surface area (Å²) in [5, 5.41) is 9.85. The molecule has 1 fully saturated rings. The number of nitrogens with zero attached hydrogens (tertiary/aromatic N) is 2. The van der Waals surface area contributed by atoms with Crippen LogP contribution in [0.3, 0.4) is 0 Å². The minimum Gasteiger partial charge on any atom is -0.507 e. The Bertz CT molecular complexity index is 484. The van der Waals surface area contributed by atoms with Crippen molar-refractivity contribution in [3.63, 3.8) is 0 Å². The maximum absolute atomic E-state index is 12.5. The first-order valence-corrected chi connectivity index (χ1v) is 8.00. The molecular weight excluding hydrogens is 344 g/mol. The van der Waals surface area contributed by atoms with Gasteiger partial charge >= 0.3 is 0 Å². The average Bonchev–Trinajstić information content (AvgIpc) is 2.67. The zero-order valence-corrected chi connectivity index (χ0v) is 13.5. The minimum atomic E-state index is -0.114. The summed E-state index contributed by atoms with van der Waals surface area (Å²) in [6.07, 6.45) is 0.928. The van der Waals surface area contributed by atoms with E-state index in [1.54, 1.807) is 17.0 Å². The number of phenols is 1. The van der Waals surface area contributed by atoms with Gasteiger partial charge in [-0.05, 0) is 31.2 Å². The van der Waals surface area contributed by atoms with Gasteiger partial charge in [0, 0.05) is 36.5 Å². The number of rotatable bonds is 3. The van der Waals surface area contributed by atoms with Gasteiger partial charge in [0.05, 0.1) is 5.56 Å². The highest BCUT2D eigenvalue weighted by atomic mass is 79.9. The smallest absolute Gasteiger partial charge is 0.257 e. The number of carbonyl (C=O) groups is 1. The van der Waals surface area contributed by atoms with Crippen LogP contribution in [0, 0.1) is 0 Å². The molecule has 1 amide bonds. The summed E-state index contributed by atoms with van der Waals surface area (Å²) in [5.41, 5.74) is 0.352. The van der Waals surface area contributed by atoms with E-state index in [1.165, 1.54) is 6.07 Å². The van der Waals surface area contributed by atoms with Crippen LogP contribution in [0.15, 0.2) is 22.7 Å². The first-order valence-electron chi connectivity index (χ1n) is 6.68. The van der Waals surface area contributed by atoms with Gasteiger partial charge in [-0.1, -0.05) is 15.9 Å². The van der Waals surface area contributed by atoms with E-state index in [4.69, 9.17) is 11.6 Å². The fourth-order valence-electron chi connectivity index (χ4n) is 2.37. The second kappa shape index (κ2) is 7.29. The molecule has 1 aromatic carbocycles. The topological polar surface area (TPSA) is 43.8 Å². The molecule has 0 radical (unpaired) electrons. The lowest BCUT2D eigenvalue weighted by Gasteiger charge is -2.22.